The van der Waals surface area contributed by atoms with Gasteiger partial charge < -0.3 is 10.8 Å². The Bertz CT molecular complexity index is 480. The van der Waals surface area contributed by atoms with E-state index in [4.69, 9.17) is 10.8 Å². The number of nitrogens with zero attached hydrogens (tertiary/aromatic N) is 1. The van der Waals surface area contributed by atoms with Gasteiger partial charge in [-0.1, -0.05) is 18.2 Å². The fraction of sp³-hybridized carbons (Fsp3) is 0.500. The van der Waals surface area contributed by atoms with Crippen molar-refractivity contribution in [3.8, 4) is 0 Å². The number of carbonyl (C=O) groups is 1. The summed E-state index contributed by atoms with van der Waals surface area (Å²) in [6.07, 6.45) is 0.992. The molecule has 1 aromatic rings. The summed E-state index contributed by atoms with van der Waals surface area (Å²) in [5.74, 6) is -1.18. The first-order chi connectivity index (χ1) is 8.92. The van der Waals surface area contributed by atoms with E-state index >= 15 is 0 Å². The number of nitrogens with two attached hydrogens (primary N) is 1. The van der Waals surface area contributed by atoms with Crippen LogP contribution in [0.4, 0.5) is 4.39 Å². The van der Waals surface area contributed by atoms with Crippen molar-refractivity contribution in [2.24, 2.45) is 5.73 Å². The van der Waals surface area contributed by atoms with Gasteiger partial charge in [0, 0.05) is 19.1 Å². The van der Waals surface area contributed by atoms with Crippen molar-refractivity contribution in [1.82, 2.24) is 4.90 Å². The molecule has 0 bridgehead atoms. The topological polar surface area (TPSA) is 66.6 Å². The van der Waals surface area contributed by atoms with Crippen LogP contribution in [0.3, 0.4) is 0 Å². The number of hydrogen-bond donors (Lipinski definition) is 2. The standard InChI is InChI=1S/C14H19FN2O2/c1-10(8-11-4-2-3-5-12(11)15)17-7-6-14(16,9-17)13(18)19/h2-5,10H,6-9,16H2,1H3,(H,18,19). The molecule has 0 aromatic heterocycles. The highest BCUT2D eigenvalue weighted by Crippen LogP contribution is 2.23. The maximum atomic E-state index is 13.6. The van der Waals surface area contributed by atoms with Crippen LogP contribution >= 0.6 is 0 Å². The number of carboxylic acids is 1. The number of rotatable bonds is 4. The molecule has 0 aliphatic carbocycles. The lowest BCUT2D eigenvalue weighted by molar-refractivity contribution is -0.142. The van der Waals surface area contributed by atoms with E-state index in [1.54, 1.807) is 18.2 Å². The molecule has 0 radical (unpaired) electrons. The van der Waals surface area contributed by atoms with Gasteiger partial charge in [0.05, 0.1) is 0 Å². The molecule has 2 atom stereocenters. The monoisotopic (exact) mass is 266 g/mol. The molecule has 1 fully saturated rings. The van der Waals surface area contributed by atoms with Gasteiger partial charge >= 0.3 is 5.97 Å². The second kappa shape index (κ2) is 5.27. The molecule has 0 amide bonds. The minimum atomic E-state index is -1.16. The van der Waals surface area contributed by atoms with Gasteiger partial charge in [-0.05, 0) is 31.4 Å². The molecule has 2 rings (SSSR count). The highest BCUT2D eigenvalue weighted by molar-refractivity contribution is 5.79. The Balaban J connectivity index is 2.01. The molecule has 1 aliphatic rings. The quantitative estimate of drug-likeness (QED) is 0.860. The van der Waals surface area contributed by atoms with E-state index in [2.05, 4.69) is 0 Å². The first-order valence-corrected chi connectivity index (χ1v) is 6.42. The highest BCUT2D eigenvalue weighted by Gasteiger charge is 2.42. The molecule has 2 unspecified atom stereocenters. The van der Waals surface area contributed by atoms with Gasteiger partial charge in [0.25, 0.3) is 0 Å². The van der Waals surface area contributed by atoms with E-state index < -0.39 is 11.5 Å². The summed E-state index contributed by atoms with van der Waals surface area (Å²) in [6.45, 7) is 2.93. The molecule has 5 heteroatoms. The van der Waals surface area contributed by atoms with E-state index in [9.17, 15) is 9.18 Å². The number of hydrogen-bond acceptors (Lipinski definition) is 3. The van der Waals surface area contributed by atoms with Crippen molar-refractivity contribution >= 4 is 5.97 Å². The first-order valence-electron chi connectivity index (χ1n) is 6.42. The van der Waals surface area contributed by atoms with Gasteiger partial charge in [0.15, 0.2) is 0 Å². The van der Waals surface area contributed by atoms with Crippen molar-refractivity contribution in [3.05, 3.63) is 35.6 Å². The SMILES string of the molecule is CC(Cc1ccccc1F)N1CCC(N)(C(=O)O)C1. The summed E-state index contributed by atoms with van der Waals surface area (Å²) in [5, 5.41) is 9.09. The lowest BCUT2D eigenvalue weighted by atomic mass is 10.0. The Morgan fingerprint density at radius 1 is 1.58 bits per heavy atom. The molecule has 19 heavy (non-hydrogen) atoms. The largest absolute Gasteiger partial charge is 0.480 e. The van der Waals surface area contributed by atoms with Crippen LogP contribution in [0.25, 0.3) is 0 Å². The molecular formula is C14H19FN2O2. The summed E-state index contributed by atoms with van der Waals surface area (Å²) >= 11 is 0. The summed E-state index contributed by atoms with van der Waals surface area (Å²) in [5.41, 5.74) is 5.33. The van der Waals surface area contributed by atoms with Crippen LogP contribution < -0.4 is 5.73 Å². The third kappa shape index (κ3) is 2.93. The average molecular weight is 266 g/mol. The van der Waals surface area contributed by atoms with Crippen molar-refractivity contribution in [1.29, 1.82) is 0 Å². The third-order valence-electron chi connectivity index (χ3n) is 3.85. The van der Waals surface area contributed by atoms with Crippen molar-refractivity contribution in [2.45, 2.75) is 31.3 Å². The molecule has 1 aliphatic heterocycles. The zero-order valence-corrected chi connectivity index (χ0v) is 11.0. The van der Waals surface area contributed by atoms with Crippen LogP contribution in [-0.4, -0.2) is 40.6 Å². The van der Waals surface area contributed by atoms with Crippen molar-refractivity contribution in [2.75, 3.05) is 13.1 Å². The van der Waals surface area contributed by atoms with Crippen LogP contribution in [0.15, 0.2) is 24.3 Å². The van der Waals surface area contributed by atoms with E-state index in [0.717, 1.165) is 0 Å². The van der Waals surface area contributed by atoms with Crippen molar-refractivity contribution < 1.29 is 14.3 Å². The Morgan fingerprint density at radius 3 is 2.84 bits per heavy atom. The molecule has 0 saturated carbocycles. The van der Waals surface area contributed by atoms with Crippen LogP contribution in [-0.2, 0) is 11.2 Å². The first kappa shape index (κ1) is 14.0. The second-order valence-corrected chi connectivity index (χ2v) is 5.33. The van der Waals surface area contributed by atoms with E-state index in [-0.39, 0.29) is 11.9 Å². The molecule has 4 nitrogen and oxygen atoms in total. The average Bonchev–Trinajstić information content (AvgIpc) is 2.76. The number of likely N-dealkylation sites (tertiary alicyclic amines) is 1. The summed E-state index contributed by atoms with van der Waals surface area (Å²) in [4.78, 5) is 13.1. The van der Waals surface area contributed by atoms with Crippen molar-refractivity contribution in [3.63, 3.8) is 0 Å². The predicted molar refractivity (Wildman–Crippen MR) is 70.3 cm³/mol. The number of aliphatic carboxylic acids is 1. The van der Waals surface area contributed by atoms with E-state index in [1.165, 1.54) is 6.07 Å². The van der Waals surface area contributed by atoms with Crippen LogP contribution in [0.5, 0.6) is 0 Å². The molecule has 1 saturated heterocycles. The van der Waals surface area contributed by atoms with Gasteiger partial charge in [-0.2, -0.15) is 0 Å². The Labute approximate surface area is 112 Å². The Morgan fingerprint density at radius 2 is 2.26 bits per heavy atom. The molecule has 1 aromatic carbocycles. The van der Waals surface area contributed by atoms with Crippen LogP contribution in [0, 0.1) is 5.82 Å². The Hall–Kier alpha value is -1.46. The maximum absolute atomic E-state index is 13.6. The Kier molecular flexibility index (Phi) is 3.87. The number of carboxylic acid groups (broad SMARTS) is 1. The molecule has 3 N–H and O–H groups in total. The van der Waals surface area contributed by atoms with Gasteiger partial charge in [-0.3, -0.25) is 9.69 Å². The number of benzene rings is 1. The lowest BCUT2D eigenvalue weighted by Gasteiger charge is -2.26. The van der Waals surface area contributed by atoms with Gasteiger partial charge in [0.1, 0.15) is 11.4 Å². The minimum absolute atomic E-state index is 0.0710. The molecule has 104 valence electrons. The maximum Gasteiger partial charge on any atom is 0.325 e. The molecule has 0 spiro atoms. The third-order valence-corrected chi connectivity index (χ3v) is 3.85. The molecular weight excluding hydrogens is 247 g/mol. The van der Waals surface area contributed by atoms with Crippen LogP contribution in [0.2, 0.25) is 0 Å². The molecule has 1 heterocycles. The fourth-order valence-electron chi connectivity index (χ4n) is 2.53. The minimum Gasteiger partial charge on any atom is -0.480 e. The fourth-order valence-corrected chi connectivity index (χ4v) is 2.53. The predicted octanol–water partition coefficient (Wildman–Crippen LogP) is 1.24. The zero-order valence-electron chi connectivity index (χ0n) is 11.0. The smallest absolute Gasteiger partial charge is 0.325 e. The van der Waals surface area contributed by atoms with Gasteiger partial charge in [0.2, 0.25) is 0 Å². The van der Waals surface area contributed by atoms with Gasteiger partial charge in [-0.15, -0.1) is 0 Å². The highest BCUT2D eigenvalue weighted by atomic mass is 19.1. The van der Waals surface area contributed by atoms with E-state index in [0.29, 0.717) is 31.5 Å². The zero-order chi connectivity index (χ0) is 14.0. The summed E-state index contributed by atoms with van der Waals surface area (Å²) in [6, 6.07) is 6.74. The van der Waals surface area contributed by atoms with E-state index in [1.807, 2.05) is 11.8 Å². The normalized spacial score (nSPS) is 25.4. The summed E-state index contributed by atoms with van der Waals surface area (Å²) in [7, 11) is 0. The second-order valence-electron chi connectivity index (χ2n) is 5.33. The van der Waals surface area contributed by atoms with Gasteiger partial charge in [-0.25, -0.2) is 4.39 Å². The van der Waals surface area contributed by atoms with Crippen LogP contribution in [0.1, 0.15) is 18.9 Å². The lowest BCUT2D eigenvalue weighted by Crippen LogP contribution is -2.51. The summed E-state index contributed by atoms with van der Waals surface area (Å²) < 4.78 is 13.6. The number of halogens is 1.